The highest BCUT2D eigenvalue weighted by molar-refractivity contribution is 5.89. The number of likely N-dealkylation sites (N-methyl/N-ethyl adjacent to an activating group) is 1. The number of carbonyl (C=O) groups is 1. The van der Waals surface area contributed by atoms with Crippen LogP contribution >= 0.6 is 0 Å². The third-order valence-corrected chi connectivity index (χ3v) is 9.60. The molecule has 6 heteroatoms. The fourth-order valence-electron chi connectivity index (χ4n) is 7.82. The van der Waals surface area contributed by atoms with Gasteiger partial charge in [0.05, 0.1) is 11.7 Å². The normalized spacial score (nSPS) is 41.7. The predicted octanol–water partition coefficient (Wildman–Crippen LogP) is 5.70. The van der Waals surface area contributed by atoms with Crippen molar-refractivity contribution in [1.82, 2.24) is 4.90 Å². The standard InChI is InChI=1S/C27H32F3NO2/c1-25-13-11-23(32)31(3)22(25)9-8-18-20(25)10-12-26(2)21(18)15-17(24(26)33)14-16-6-4-5-7-19(16)27(28,29)30/h4-7,11,13-14,18,20-22,24,33H,8-10,12,15H2,1-3H3/t18-,20-,21+,22?,24?,25-,26+/m1/s1. The molecule has 3 aliphatic carbocycles. The number of alkyl halides is 3. The summed E-state index contributed by atoms with van der Waals surface area (Å²) in [6.45, 7) is 4.38. The van der Waals surface area contributed by atoms with Gasteiger partial charge in [-0.3, -0.25) is 4.79 Å². The van der Waals surface area contributed by atoms with E-state index >= 15 is 0 Å². The first kappa shape index (κ1) is 22.7. The van der Waals surface area contributed by atoms with Gasteiger partial charge < -0.3 is 10.0 Å². The van der Waals surface area contributed by atoms with Crippen molar-refractivity contribution in [1.29, 1.82) is 0 Å². The van der Waals surface area contributed by atoms with Gasteiger partial charge in [-0.25, -0.2) is 0 Å². The van der Waals surface area contributed by atoms with Gasteiger partial charge in [0.2, 0.25) is 5.91 Å². The van der Waals surface area contributed by atoms with Crippen LogP contribution in [-0.2, 0) is 11.0 Å². The lowest BCUT2D eigenvalue weighted by Crippen LogP contribution is -2.59. The van der Waals surface area contributed by atoms with E-state index in [1.807, 2.05) is 11.9 Å². The van der Waals surface area contributed by atoms with Crippen LogP contribution in [0.1, 0.15) is 57.1 Å². The third kappa shape index (κ3) is 3.31. The van der Waals surface area contributed by atoms with Crippen LogP contribution in [0.15, 0.2) is 42.0 Å². The lowest BCUT2D eigenvalue weighted by atomic mass is 9.48. The molecule has 0 spiro atoms. The van der Waals surface area contributed by atoms with Crippen molar-refractivity contribution >= 4 is 12.0 Å². The minimum Gasteiger partial charge on any atom is -0.388 e. The maximum atomic E-state index is 13.5. The zero-order valence-electron chi connectivity index (χ0n) is 19.4. The molecular weight excluding hydrogens is 427 g/mol. The fourth-order valence-corrected chi connectivity index (χ4v) is 7.82. The number of carbonyl (C=O) groups excluding carboxylic acids is 1. The highest BCUT2D eigenvalue weighted by Crippen LogP contribution is 2.65. The zero-order valence-corrected chi connectivity index (χ0v) is 19.4. The number of rotatable bonds is 1. The monoisotopic (exact) mass is 459 g/mol. The molecule has 2 unspecified atom stereocenters. The Hall–Kier alpha value is -2.08. The van der Waals surface area contributed by atoms with Crippen molar-refractivity contribution in [3.05, 3.63) is 53.1 Å². The van der Waals surface area contributed by atoms with Crippen molar-refractivity contribution < 1.29 is 23.1 Å². The Bertz CT molecular complexity index is 1030. The molecule has 33 heavy (non-hydrogen) atoms. The van der Waals surface area contributed by atoms with Gasteiger partial charge in [-0.05, 0) is 73.1 Å². The van der Waals surface area contributed by atoms with Crippen LogP contribution in [0.2, 0.25) is 0 Å². The molecule has 178 valence electrons. The largest absolute Gasteiger partial charge is 0.416 e. The molecule has 0 radical (unpaired) electrons. The van der Waals surface area contributed by atoms with Gasteiger partial charge in [0.1, 0.15) is 0 Å². The lowest BCUT2D eigenvalue weighted by Gasteiger charge is -2.59. The summed E-state index contributed by atoms with van der Waals surface area (Å²) in [7, 11) is 1.89. The third-order valence-electron chi connectivity index (χ3n) is 9.60. The summed E-state index contributed by atoms with van der Waals surface area (Å²) >= 11 is 0. The Morgan fingerprint density at radius 2 is 1.85 bits per heavy atom. The summed E-state index contributed by atoms with van der Waals surface area (Å²) in [4.78, 5) is 14.1. The molecule has 0 bridgehead atoms. The minimum atomic E-state index is -4.43. The molecule has 0 aromatic heterocycles. The number of benzene rings is 1. The van der Waals surface area contributed by atoms with E-state index in [4.69, 9.17) is 0 Å². The Morgan fingerprint density at radius 3 is 2.58 bits per heavy atom. The van der Waals surface area contributed by atoms with E-state index in [2.05, 4.69) is 19.9 Å². The summed E-state index contributed by atoms with van der Waals surface area (Å²) in [6.07, 6.45) is 4.57. The van der Waals surface area contributed by atoms with E-state index in [1.54, 1.807) is 18.2 Å². The van der Waals surface area contributed by atoms with Crippen LogP contribution < -0.4 is 0 Å². The van der Waals surface area contributed by atoms with E-state index in [0.29, 0.717) is 18.3 Å². The Morgan fingerprint density at radius 1 is 1.12 bits per heavy atom. The van der Waals surface area contributed by atoms with Crippen LogP contribution in [0.4, 0.5) is 13.2 Å². The molecule has 1 N–H and O–H groups in total. The van der Waals surface area contributed by atoms with Crippen LogP contribution in [0.3, 0.4) is 0 Å². The molecule has 4 aliphatic rings. The minimum absolute atomic E-state index is 0.0569. The van der Waals surface area contributed by atoms with Crippen LogP contribution in [0.25, 0.3) is 6.08 Å². The highest BCUT2D eigenvalue weighted by Gasteiger charge is 2.61. The van der Waals surface area contributed by atoms with Crippen molar-refractivity contribution in [2.75, 3.05) is 7.05 Å². The van der Waals surface area contributed by atoms with Crippen LogP contribution in [0.5, 0.6) is 0 Å². The number of nitrogens with zero attached hydrogens (tertiary/aromatic N) is 1. The number of fused-ring (bicyclic) bond motifs is 5. The van der Waals surface area contributed by atoms with Gasteiger partial charge >= 0.3 is 6.18 Å². The lowest BCUT2D eigenvalue weighted by molar-refractivity contribution is -0.140. The molecule has 7 atom stereocenters. The molecule has 1 heterocycles. The van der Waals surface area contributed by atoms with Gasteiger partial charge in [-0.2, -0.15) is 13.2 Å². The molecule has 3 nitrogen and oxygen atoms in total. The van der Waals surface area contributed by atoms with Gasteiger partial charge in [0.25, 0.3) is 0 Å². The Kier molecular flexibility index (Phi) is 5.13. The maximum Gasteiger partial charge on any atom is 0.416 e. The van der Waals surface area contributed by atoms with Crippen molar-refractivity contribution in [2.24, 2.45) is 28.6 Å². The number of aliphatic hydroxyl groups is 1. The number of halogens is 3. The maximum absolute atomic E-state index is 13.5. The number of hydrogen-bond acceptors (Lipinski definition) is 2. The molecule has 3 fully saturated rings. The predicted molar refractivity (Wildman–Crippen MR) is 121 cm³/mol. The molecule has 5 rings (SSSR count). The smallest absolute Gasteiger partial charge is 0.388 e. The summed E-state index contributed by atoms with van der Waals surface area (Å²) in [6, 6.07) is 5.79. The molecular formula is C27H32F3NO2. The molecule has 1 aromatic carbocycles. The number of amides is 1. The molecule has 0 saturated heterocycles. The first-order valence-corrected chi connectivity index (χ1v) is 12.0. The summed E-state index contributed by atoms with van der Waals surface area (Å²) in [5, 5.41) is 11.3. The van der Waals surface area contributed by atoms with Crippen molar-refractivity contribution in [3.63, 3.8) is 0 Å². The van der Waals surface area contributed by atoms with Gasteiger partial charge in [-0.1, -0.05) is 44.2 Å². The van der Waals surface area contributed by atoms with E-state index in [1.165, 1.54) is 12.1 Å². The SMILES string of the molecule is CN1C(=O)C=C[C@@]2(C)C1CC[C@@H]1[C@H]2CC[C@]2(C)C(O)C(=Cc3ccccc3C(F)(F)F)C[C@@H]12. The number of aliphatic hydroxyl groups excluding tert-OH is 1. The summed E-state index contributed by atoms with van der Waals surface area (Å²) in [5.41, 5.74) is -0.241. The van der Waals surface area contributed by atoms with Gasteiger partial charge in [0, 0.05) is 23.9 Å². The Labute approximate surface area is 193 Å². The average molecular weight is 460 g/mol. The second-order valence-corrected chi connectivity index (χ2v) is 11.1. The zero-order chi connectivity index (χ0) is 23.8. The first-order chi connectivity index (χ1) is 15.5. The van der Waals surface area contributed by atoms with Crippen LogP contribution in [0, 0.1) is 28.6 Å². The fraction of sp³-hybridized carbons (Fsp3) is 0.593. The van der Waals surface area contributed by atoms with Gasteiger partial charge in [-0.15, -0.1) is 0 Å². The van der Waals surface area contributed by atoms with E-state index in [0.717, 1.165) is 37.3 Å². The summed E-state index contributed by atoms with van der Waals surface area (Å²) in [5.74, 6) is 1.07. The second kappa shape index (κ2) is 7.46. The van der Waals surface area contributed by atoms with Crippen molar-refractivity contribution in [2.45, 2.75) is 64.3 Å². The molecule has 1 aromatic rings. The summed E-state index contributed by atoms with van der Waals surface area (Å²) < 4.78 is 40.6. The highest BCUT2D eigenvalue weighted by atomic mass is 19.4. The second-order valence-electron chi connectivity index (χ2n) is 11.1. The van der Waals surface area contributed by atoms with E-state index in [-0.39, 0.29) is 34.3 Å². The molecule has 1 amide bonds. The first-order valence-electron chi connectivity index (χ1n) is 12.0. The molecule has 3 saturated carbocycles. The average Bonchev–Trinajstić information content (AvgIpc) is 3.01. The van der Waals surface area contributed by atoms with E-state index < -0.39 is 17.8 Å². The molecule has 1 aliphatic heterocycles. The van der Waals surface area contributed by atoms with Gasteiger partial charge in [0.15, 0.2) is 0 Å². The Balaban J connectivity index is 1.49. The topological polar surface area (TPSA) is 40.5 Å². The number of hydrogen-bond donors (Lipinski definition) is 1. The van der Waals surface area contributed by atoms with Crippen LogP contribution in [-0.4, -0.2) is 35.1 Å². The quantitative estimate of drug-likeness (QED) is 0.585. The van der Waals surface area contributed by atoms with E-state index in [9.17, 15) is 23.1 Å². The van der Waals surface area contributed by atoms with Crippen molar-refractivity contribution in [3.8, 4) is 0 Å².